The van der Waals surface area contributed by atoms with Crippen molar-refractivity contribution >= 4 is 5.69 Å². The van der Waals surface area contributed by atoms with E-state index < -0.39 is 0 Å². The third-order valence-electron chi connectivity index (χ3n) is 3.82. The van der Waals surface area contributed by atoms with Crippen molar-refractivity contribution in [2.45, 2.75) is 13.5 Å². The van der Waals surface area contributed by atoms with E-state index in [0.717, 1.165) is 29.3 Å². The molecule has 128 valence electrons. The van der Waals surface area contributed by atoms with E-state index in [-0.39, 0.29) is 0 Å². The van der Waals surface area contributed by atoms with E-state index in [4.69, 9.17) is 9.47 Å². The third-order valence-corrected chi connectivity index (χ3v) is 3.82. The van der Waals surface area contributed by atoms with Crippen LogP contribution < -0.4 is 14.8 Å². The second-order valence-corrected chi connectivity index (χ2v) is 5.89. The van der Waals surface area contributed by atoms with E-state index in [1.54, 1.807) is 0 Å². The minimum Gasteiger partial charge on any atom is -0.492 e. The number of benzene rings is 3. The molecule has 3 aromatic rings. The predicted octanol–water partition coefficient (Wildman–Crippen LogP) is 5.06. The van der Waals surface area contributed by atoms with Gasteiger partial charge in [0, 0.05) is 12.2 Å². The van der Waals surface area contributed by atoms with E-state index in [1.807, 2.05) is 54.6 Å². The standard InChI is InChI=1S/C22H23NO2/c1-18-7-11-21(12-8-18)24-16-15-23-20-9-13-22(14-10-20)25-17-19-5-3-2-4-6-19/h2-14,23H,15-17H2,1H3. The predicted molar refractivity (Wildman–Crippen MR) is 102 cm³/mol. The number of aryl methyl sites for hydroxylation is 1. The second kappa shape index (κ2) is 8.78. The Kier molecular flexibility index (Phi) is 5.94. The van der Waals surface area contributed by atoms with Gasteiger partial charge < -0.3 is 14.8 Å². The van der Waals surface area contributed by atoms with Crippen LogP contribution >= 0.6 is 0 Å². The van der Waals surface area contributed by atoms with Crippen LogP contribution in [0.15, 0.2) is 78.9 Å². The maximum atomic E-state index is 5.79. The molecule has 0 fully saturated rings. The lowest BCUT2D eigenvalue weighted by Crippen LogP contribution is -2.11. The average Bonchev–Trinajstić information content (AvgIpc) is 2.67. The number of hydrogen-bond acceptors (Lipinski definition) is 3. The van der Waals surface area contributed by atoms with Crippen LogP contribution in [-0.2, 0) is 6.61 Å². The van der Waals surface area contributed by atoms with Gasteiger partial charge in [-0.05, 0) is 48.9 Å². The maximum Gasteiger partial charge on any atom is 0.119 e. The molecule has 0 aromatic heterocycles. The van der Waals surface area contributed by atoms with Crippen LogP contribution in [0.3, 0.4) is 0 Å². The zero-order chi connectivity index (χ0) is 17.3. The Labute approximate surface area is 149 Å². The Morgan fingerprint density at radius 3 is 2.08 bits per heavy atom. The van der Waals surface area contributed by atoms with Crippen LogP contribution in [0.1, 0.15) is 11.1 Å². The summed E-state index contributed by atoms with van der Waals surface area (Å²) in [7, 11) is 0. The molecular formula is C22H23NO2. The summed E-state index contributed by atoms with van der Waals surface area (Å²) in [6.07, 6.45) is 0. The van der Waals surface area contributed by atoms with Gasteiger partial charge in [-0.3, -0.25) is 0 Å². The minimum absolute atomic E-state index is 0.581. The largest absolute Gasteiger partial charge is 0.492 e. The van der Waals surface area contributed by atoms with Crippen LogP contribution in [0.2, 0.25) is 0 Å². The van der Waals surface area contributed by atoms with Crippen molar-refractivity contribution in [2.24, 2.45) is 0 Å². The molecule has 3 aromatic carbocycles. The molecule has 0 aliphatic carbocycles. The Hall–Kier alpha value is -2.94. The first-order valence-electron chi connectivity index (χ1n) is 8.50. The summed E-state index contributed by atoms with van der Waals surface area (Å²) in [5, 5.41) is 3.35. The number of nitrogens with one attached hydrogen (secondary N) is 1. The Morgan fingerprint density at radius 2 is 1.36 bits per heavy atom. The molecule has 0 heterocycles. The van der Waals surface area contributed by atoms with Gasteiger partial charge in [0.05, 0.1) is 0 Å². The summed E-state index contributed by atoms with van der Waals surface area (Å²) in [5.74, 6) is 1.77. The molecule has 3 heteroatoms. The van der Waals surface area contributed by atoms with Crippen molar-refractivity contribution in [3.8, 4) is 11.5 Å². The highest BCUT2D eigenvalue weighted by atomic mass is 16.5. The van der Waals surface area contributed by atoms with Crippen molar-refractivity contribution in [1.29, 1.82) is 0 Å². The summed E-state index contributed by atoms with van der Waals surface area (Å²) in [6.45, 7) is 4.02. The van der Waals surface area contributed by atoms with E-state index in [0.29, 0.717) is 13.2 Å². The monoisotopic (exact) mass is 333 g/mol. The molecule has 0 aliphatic heterocycles. The van der Waals surface area contributed by atoms with Gasteiger partial charge in [0.15, 0.2) is 0 Å². The highest BCUT2D eigenvalue weighted by molar-refractivity contribution is 5.46. The van der Waals surface area contributed by atoms with Crippen LogP contribution in [0.25, 0.3) is 0 Å². The van der Waals surface area contributed by atoms with E-state index >= 15 is 0 Å². The van der Waals surface area contributed by atoms with Gasteiger partial charge >= 0.3 is 0 Å². The summed E-state index contributed by atoms with van der Waals surface area (Å²) >= 11 is 0. The first kappa shape index (κ1) is 16.9. The van der Waals surface area contributed by atoms with E-state index in [2.05, 4.69) is 36.5 Å². The summed E-state index contributed by atoms with van der Waals surface area (Å²) in [5.41, 5.74) is 3.46. The fourth-order valence-corrected chi connectivity index (χ4v) is 2.41. The SMILES string of the molecule is Cc1ccc(OCCNc2ccc(OCc3ccccc3)cc2)cc1. The lowest BCUT2D eigenvalue weighted by atomic mass is 10.2. The molecule has 0 bridgehead atoms. The number of hydrogen-bond donors (Lipinski definition) is 1. The maximum absolute atomic E-state index is 5.79. The Bertz CT molecular complexity index is 752. The van der Waals surface area contributed by atoms with Crippen LogP contribution in [-0.4, -0.2) is 13.2 Å². The van der Waals surface area contributed by atoms with Gasteiger partial charge in [-0.1, -0.05) is 48.0 Å². The first-order valence-corrected chi connectivity index (χ1v) is 8.50. The molecule has 0 amide bonds. The molecule has 0 radical (unpaired) electrons. The highest BCUT2D eigenvalue weighted by Crippen LogP contribution is 2.17. The fraction of sp³-hybridized carbons (Fsp3) is 0.182. The van der Waals surface area contributed by atoms with Gasteiger partial charge in [-0.25, -0.2) is 0 Å². The van der Waals surface area contributed by atoms with Crippen LogP contribution in [0.4, 0.5) is 5.69 Å². The van der Waals surface area contributed by atoms with Crippen molar-refractivity contribution in [2.75, 3.05) is 18.5 Å². The zero-order valence-electron chi connectivity index (χ0n) is 14.4. The molecule has 0 atom stereocenters. The fourth-order valence-electron chi connectivity index (χ4n) is 2.41. The van der Waals surface area contributed by atoms with E-state index in [1.165, 1.54) is 5.56 Å². The molecule has 0 saturated heterocycles. The lowest BCUT2D eigenvalue weighted by molar-refractivity contribution is 0.306. The van der Waals surface area contributed by atoms with Gasteiger partial charge in [-0.2, -0.15) is 0 Å². The molecule has 0 unspecified atom stereocenters. The normalized spacial score (nSPS) is 10.3. The van der Waals surface area contributed by atoms with Crippen molar-refractivity contribution in [3.05, 3.63) is 90.0 Å². The summed E-state index contributed by atoms with van der Waals surface area (Å²) < 4.78 is 11.5. The quantitative estimate of drug-likeness (QED) is 0.584. The molecular weight excluding hydrogens is 310 g/mol. The molecule has 0 aliphatic rings. The average molecular weight is 333 g/mol. The molecule has 0 saturated carbocycles. The van der Waals surface area contributed by atoms with Gasteiger partial charge in [0.25, 0.3) is 0 Å². The molecule has 3 rings (SSSR count). The molecule has 25 heavy (non-hydrogen) atoms. The number of rotatable bonds is 8. The molecule has 1 N–H and O–H groups in total. The minimum atomic E-state index is 0.581. The topological polar surface area (TPSA) is 30.5 Å². The van der Waals surface area contributed by atoms with Gasteiger partial charge in [-0.15, -0.1) is 0 Å². The van der Waals surface area contributed by atoms with Crippen molar-refractivity contribution in [3.63, 3.8) is 0 Å². The van der Waals surface area contributed by atoms with E-state index in [9.17, 15) is 0 Å². The number of ether oxygens (including phenoxy) is 2. The Balaban J connectivity index is 1.39. The molecule has 0 spiro atoms. The van der Waals surface area contributed by atoms with Crippen molar-refractivity contribution < 1.29 is 9.47 Å². The van der Waals surface area contributed by atoms with Crippen molar-refractivity contribution in [1.82, 2.24) is 0 Å². The summed E-state index contributed by atoms with van der Waals surface area (Å²) in [4.78, 5) is 0. The van der Waals surface area contributed by atoms with Gasteiger partial charge in [0.1, 0.15) is 24.7 Å². The zero-order valence-corrected chi connectivity index (χ0v) is 14.4. The first-order chi connectivity index (χ1) is 12.3. The highest BCUT2D eigenvalue weighted by Gasteiger charge is 1.98. The van der Waals surface area contributed by atoms with Gasteiger partial charge in [0.2, 0.25) is 0 Å². The Morgan fingerprint density at radius 1 is 0.720 bits per heavy atom. The lowest BCUT2D eigenvalue weighted by Gasteiger charge is -2.10. The number of anilines is 1. The molecule has 3 nitrogen and oxygen atoms in total. The second-order valence-electron chi connectivity index (χ2n) is 5.89. The van der Waals surface area contributed by atoms with Crippen LogP contribution in [0.5, 0.6) is 11.5 Å². The smallest absolute Gasteiger partial charge is 0.119 e. The third kappa shape index (κ3) is 5.57. The van der Waals surface area contributed by atoms with Crippen LogP contribution in [0, 0.1) is 6.92 Å². The summed E-state index contributed by atoms with van der Waals surface area (Å²) in [6, 6.07) is 26.3.